The Kier molecular flexibility index (Phi) is 4.68. The number of aryl methyl sites for hydroxylation is 1. The van der Waals surface area contributed by atoms with E-state index < -0.39 is 0 Å². The largest absolute Gasteiger partial charge is 0.381 e. The smallest absolute Gasteiger partial charge is 0.158 e. The van der Waals surface area contributed by atoms with Crippen molar-refractivity contribution in [3.63, 3.8) is 0 Å². The molecular formula is C16H23N5O. The van der Waals surface area contributed by atoms with Gasteiger partial charge in [-0.15, -0.1) is 0 Å². The quantitative estimate of drug-likeness (QED) is 0.920. The molecule has 0 aromatic carbocycles. The van der Waals surface area contributed by atoms with E-state index in [2.05, 4.69) is 17.2 Å². The fourth-order valence-electron chi connectivity index (χ4n) is 2.78. The summed E-state index contributed by atoms with van der Waals surface area (Å²) in [5.74, 6) is 3.14. The van der Waals surface area contributed by atoms with Crippen molar-refractivity contribution in [1.29, 1.82) is 0 Å². The van der Waals surface area contributed by atoms with E-state index in [1.165, 1.54) is 0 Å². The van der Waals surface area contributed by atoms with Gasteiger partial charge in [-0.3, -0.25) is 0 Å². The molecule has 6 nitrogen and oxygen atoms in total. The van der Waals surface area contributed by atoms with Crippen LogP contribution in [0.25, 0.3) is 11.4 Å². The van der Waals surface area contributed by atoms with Gasteiger partial charge in [0.1, 0.15) is 5.82 Å². The third-order valence-electron chi connectivity index (χ3n) is 3.98. The van der Waals surface area contributed by atoms with Crippen molar-refractivity contribution in [1.82, 2.24) is 19.7 Å². The summed E-state index contributed by atoms with van der Waals surface area (Å²) in [6.45, 7) is 4.65. The van der Waals surface area contributed by atoms with Gasteiger partial charge in [0.25, 0.3) is 0 Å². The predicted molar refractivity (Wildman–Crippen MR) is 85.9 cm³/mol. The van der Waals surface area contributed by atoms with Gasteiger partial charge in [0.05, 0.1) is 0 Å². The van der Waals surface area contributed by atoms with Crippen LogP contribution in [-0.2, 0) is 11.3 Å². The van der Waals surface area contributed by atoms with Crippen LogP contribution in [0, 0.1) is 0 Å². The first-order chi connectivity index (χ1) is 10.8. The van der Waals surface area contributed by atoms with E-state index in [1.54, 1.807) is 6.20 Å². The van der Waals surface area contributed by atoms with Gasteiger partial charge in [0.2, 0.25) is 0 Å². The van der Waals surface area contributed by atoms with Crippen LogP contribution in [0.3, 0.4) is 0 Å². The molecule has 1 N–H and O–H groups in total. The lowest BCUT2D eigenvalue weighted by Crippen LogP contribution is -2.15. The van der Waals surface area contributed by atoms with E-state index in [-0.39, 0.29) is 0 Å². The fraction of sp³-hybridized carbons (Fsp3) is 0.562. The lowest BCUT2D eigenvalue weighted by molar-refractivity contribution is 0.0835. The lowest BCUT2D eigenvalue weighted by atomic mass is 10.00. The van der Waals surface area contributed by atoms with Crippen molar-refractivity contribution in [2.75, 3.05) is 25.6 Å². The summed E-state index contributed by atoms with van der Waals surface area (Å²) in [6, 6.07) is 4.01. The highest BCUT2D eigenvalue weighted by Crippen LogP contribution is 2.27. The second-order valence-corrected chi connectivity index (χ2v) is 5.58. The summed E-state index contributed by atoms with van der Waals surface area (Å²) in [5.41, 5.74) is 1.05. The number of aromatic nitrogens is 4. The Bertz CT molecular complexity index is 619. The van der Waals surface area contributed by atoms with E-state index in [9.17, 15) is 0 Å². The normalized spacial score (nSPS) is 15.9. The second kappa shape index (κ2) is 6.87. The average Bonchev–Trinajstić information content (AvgIpc) is 3.00. The third-order valence-corrected chi connectivity index (χ3v) is 3.98. The Morgan fingerprint density at radius 2 is 2.18 bits per heavy atom. The van der Waals surface area contributed by atoms with E-state index in [4.69, 9.17) is 14.8 Å². The third kappa shape index (κ3) is 3.11. The minimum absolute atomic E-state index is 0.413. The second-order valence-electron chi connectivity index (χ2n) is 5.58. The Morgan fingerprint density at radius 3 is 2.91 bits per heavy atom. The lowest BCUT2D eigenvalue weighted by Gasteiger charge is -2.18. The number of hydrogen-bond acceptors (Lipinski definition) is 5. The highest BCUT2D eigenvalue weighted by atomic mass is 16.5. The van der Waals surface area contributed by atoms with Crippen molar-refractivity contribution in [2.45, 2.75) is 38.6 Å². The van der Waals surface area contributed by atoms with E-state index in [1.807, 2.05) is 23.9 Å². The van der Waals surface area contributed by atoms with E-state index in [0.717, 1.165) is 62.1 Å². The highest BCUT2D eigenvalue weighted by molar-refractivity contribution is 5.59. The van der Waals surface area contributed by atoms with Crippen LogP contribution in [0.5, 0.6) is 0 Å². The summed E-state index contributed by atoms with van der Waals surface area (Å²) < 4.78 is 7.47. The summed E-state index contributed by atoms with van der Waals surface area (Å²) >= 11 is 0. The molecule has 2 aromatic heterocycles. The van der Waals surface area contributed by atoms with Gasteiger partial charge in [-0.1, -0.05) is 6.92 Å². The molecule has 118 valence electrons. The first-order valence-corrected chi connectivity index (χ1v) is 7.98. The standard InChI is InChI=1S/C16H23N5O/c1-3-8-21-16(13-4-7-18-14(11-13)17-2)19-15(20-21)12-5-9-22-10-6-12/h4,7,11-12H,3,5-6,8-10H2,1-2H3,(H,17,18). The van der Waals surface area contributed by atoms with Gasteiger partial charge in [-0.25, -0.2) is 14.6 Å². The first kappa shape index (κ1) is 15.0. The van der Waals surface area contributed by atoms with Crippen LogP contribution in [0.15, 0.2) is 18.3 Å². The van der Waals surface area contributed by atoms with Crippen LogP contribution in [-0.4, -0.2) is 40.0 Å². The van der Waals surface area contributed by atoms with Crippen LogP contribution in [0.2, 0.25) is 0 Å². The molecule has 0 amide bonds. The van der Waals surface area contributed by atoms with Gasteiger partial charge < -0.3 is 10.1 Å². The van der Waals surface area contributed by atoms with Crippen LogP contribution in [0.4, 0.5) is 5.82 Å². The summed E-state index contributed by atoms with van der Waals surface area (Å²) in [4.78, 5) is 9.11. The molecule has 1 saturated heterocycles. The summed E-state index contributed by atoms with van der Waals surface area (Å²) in [6.07, 6.45) is 4.86. The maximum Gasteiger partial charge on any atom is 0.158 e. The van der Waals surface area contributed by atoms with E-state index in [0.29, 0.717) is 5.92 Å². The fourth-order valence-corrected chi connectivity index (χ4v) is 2.78. The predicted octanol–water partition coefficient (Wildman–Crippen LogP) is 2.69. The molecule has 1 fully saturated rings. The number of nitrogens with one attached hydrogen (secondary N) is 1. The number of anilines is 1. The summed E-state index contributed by atoms with van der Waals surface area (Å²) in [5, 5.41) is 7.84. The maximum atomic E-state index is 5.44. The van der Waals surface area contributed by atoms with Crippen LogP contribution < -0.4 is 5.32 Å². The SMILES string of the molecule is CCCn1nc(C2CCOCC2)nc1-c1ccnc(NC)c1. The topological polar surface area (TPSA) is 64.9 Å². The van der Waals surface area contributed by atoms with Crippen molar-refractivity contribution in [2.24, 2.45) is 0 Å². The molecule has 0 radical (unpaired) electrons. The molecule has 0 spiro atoms. The zero-order valence-electron chi connectivity index (χ0n) is 13.2. The summed E-state index contributed by atoms with van der Waals surface area (Å²) in [7, 11) is 1.87. The molecule has 0 bridgehead atoms. The highest BCUT2D eigenvalue weighted by Gasteiger charge is 2.22. The number of rotatable bonds is 5. The van der Waals surface area contributed by atoms with Crippen molar-refractivity contribution >= 4 is 5.82 Å². The van der Waals surface area contributed by atoms with E-state index >= 15 is 0 Å². The molecule has 1 aliphatic rings. The molecular weight excluding hydrogens is 278 g/mol. The van der Waals surface area contributed by atoms with Gasteiger partial charge in [-0.2, -0.15) is 5.10 Å². The number of nitrogens with zero attached hydrogens (tertiary/aromatic N) is 4. The average molecular weight is 301 g/mol. The molecule has 1 aliphatic heterocycles. The number of hydrogen-bond donors (Lipinski definition) is 1. The van der Waals surface area contributed by atoms with Crippen LogP contribution in [0.1, 0.15) is 37.9 Å². The molecule has 22 heavy (non-hydrogen) atoms. The van der Waals surface area contributed by atoms with Crippen molar-refractivity contribution < 1.29 is 4.74 Å². The molecule has 0 unspecified atom stereocenters. The van der Waals surface area contributed by atoms with Gasteiger partial charge in [0, 0.05) is 44.5 Å². The minimum Gasteiger partial charge on any atom is -0.381 e. The molecule has 2 aromatic rings. The molecule has 6 heteroatoms. The molecule has 0 aliphatic carbocycles. The van der Waals surface area contributed by atoms with Gasteiger partial charge >= 0.3 is 0 Å². The number of ether oxygens (including phenoxy) is 1. The van der Waals surface area contributed by atoms with Crippen LogP contribution >= 0.6 is 0 Å². The van der Waals surface area contributed by atoms with Gasteiger partial charge in [-0.05, 0) is 31.4 Å². The van der Waals surface area contributed by atoms with Crippen molar-refractivity contribution in [3.05, 3.63) is 24.2 Å². The minimum atomic E-state index is 0.413. The maximum absolute atomic E-state index is 5.44. The van der Waals surface area contributed by atoms with Gasteiger partial charge in [0.15, 0.2) is 11.6 Å². The zero-order valence-corrected chi connectivity index (χ0v) is 13.2. The zero-order chi connectivity index (χ0) is 15.4. The first-order valence-electron chi connectivity index (χ1n) is 7.98. The monoisotopic (exact) mass is 301 g/mol. The molecule has 0 atom stereocenters. The van der Waals surface area contributed by atoms with Crippen molar-refractivity contribution in [3.8, 4) is 11.4 Å². The Morgan fingerprint density at radius 1 is 1.36 bits per heavy atom. The molecule has 3 rings (SSSR count). The molecule has 0 saturated carbocycles. The molecule has 3 heterocycles. The Hall–Kier alpha value is -1.95. The Balaban J connectivity index is 1.95. The number of pyridine rings is 1. The Labute approximate surface area is 130 Å².